The minimum absolute atomic E-state index is 0.0675. The van der Waals surface area contributed by atoms with E-state index in [-0.39, 0.29) is 11.5 Å². The largest absolute Gasteiger partial charge is 0.510 e. The third-order valence-electron chi connectivity index (χ3n) is 1.89. The highest BCUT2D eigenvalue weighted by Gasteiger charge is 2.17. The van der Waals surface area contributed by atoms with E-state index in [4.69, 9.17) is 0 Å². The van der Waals surface area contributed by atoms with E-state index in [0.717, 1.165) is 12.0 Å². The van der Waals surface area contributed by atoms with Crippen molar-refractivity contribution in [2.24, 2.45) is 0 Å². The molecule has 1 heterocycles. The number of Topliss-reactive ketones (excluding diaryl/α,β-unsaturated/α-hetero) is 1. The van der Waals surface area contributed by atoms with Crippen molar-refractivity contribution in [1.82, 2.24) is 5.32 Å². The highest BCUT2D eigenvalue weighted by Crippen LogP contribution is 2.19. The topological polar surface area (TPSA) is 49.3 Å². The van der Waals surface area contributed by atoms with Crippen LogP contribution in [0.5, 0.6) is 0 Å². The van der Waals surface area contributed by atoms with Gasteiger partial charge in [0.25, 0.3) is 0 Å². The number of nitrogens with one attached hydrogen (secondary N) is 1. The maximum absolute atomic E-state index is 11.1. The van der Waals surface area contributed by atoms with Gasteiger partial charge < -0.3 is 10.4 Å². The Morgan fingerprint density at radius 1 is 1.75 bits per heavy atom. The molecule has 0 saturated carbocycles. The van der Waals surface area contributed by atoms with Gasteiger partial charge in [0.15, 0.2) is 5.78 Å². The maximum Gasteiger partial charge on any atom is 0.163 e. The van der Waals surface area contributed by atoms with E-state index >= 15 is 0 Å². The van der Waals surface area contributed by atoms with Gasteiger partial charge in [-0.05, 0) is 18.9 Å². The number of hydrogen-bond donors (Lipinski definition) is 2. The summed E-state index contributed by atoms with van der Waals surface area (Å²) >= 11 is 0. The zero-order valence-corrected chi connectivity index (χ0v) is 7.35. The van der Waals surface area contributed by atoms with Crippen LogP contribution in [-0.4, -0.2) is 17.4 Å². The van der Waals surface area contributed by atoms with Gasteiger partial charge in [0.1, 0.15) is 5.76 Å². The summed E-state index contributed by atoms with van der Waals surface area (Å²) in [6.07, 6.45) is 2.54. The van der Waals surface area contributed by atoms with E-state index in [9.17, 15) is 9.90 Å². The zero-order valence-electron chi connectivity index (χ0n) is 7.35. The number of hydrogen-bond acceptors (Lipinski definition) is 3. The normalized spacial score (nSPS) is 17.0. The third-order valence-corrected chi connectivity index (χ3v) is 1.89. The number of rotatable bonds is 2. The Hall–Kier alpha value is -1.25. The smallest absolute Gasteiger partial charge is 0.163 e. The SMILES string of the molecule is CCC1=CNCC(O)=C1C(C)=O. The van der Waals surface area contributed by atoms with Crippen LogP contribution >= 0.6 is 0 Å². The molecule has 2 N–H and O–H groups in total. The molecule has 0 aromatic carbocycles. The van der Waals surface area contributed by atoms with Gasteiger partial charge in [-0.15, -0.1) is 0 Å². The van der Waals surface area contributed by atoms with Crippen LogP contribution in [0.25, 0.3) is 0 Å². The van der Waals surface area contributed by atoms with Gasteiger partial charge in [0.2, 0.25) is 0 Å². The van der Waals surface area contributed by atoms with Crippen molar-refractivity contribution in [2.75, 3.05) is 6.54 Å². The first-order chi connectivity index (χ1) is 5.66. The summed E-state index contributed by atoms with van der Waals surface area (Å²) in [5.74, 6) is 0.0870. The first-order valence-corrected chi connectivity index (χ1v) is 4.02. The van der Waals surface area contributed by atoms with Gasteiger partial charge in [-0.1, -0.05) is 6.92 Å². The molecule has 0 aromatic heterocycles. The van der Waals surface area contributed by atoms with Gasteiger partial charge in [-0.25, -0.2) is 0 Å². The molecule has 0 atom stereocenters. The molecule has 1 aliphatic rings. The summed E-state index contributed by atoms with van der Waals surface area (Å²) in [5, 5.41) is 12.3. The van der Waals surface area contributed by atoms with E-state index < -0.39 is 0 Å². The Kier molecular flexibility index (Phi) is 2.53. The minimum atomic E-state index is -0.0675. The van der Waals surface area contributed by atoms with E-state index in [1.807, 2.05) is 6.92 Å². The first kappa shape index (κ1) is 8.84. The van der Waals surface area contributed by atoms with Crippen LogP contribution in [0.15, 0.2) is 23.1 Å². The number of dihydropyridines is 1. The highest BCUT2D eigenvalue weighted by atomic mass is 16.3. The molecule has 0 spiro atoms. The lowest BCUT2D eigenvalue weighted by Gasteiger charge is -2.16. The van der Waals surface area contributed by atoms with Crippen LogP contribution in [0.3, 0.4) is 0 Å². The Balaban J connectivity index is 3.03. The maximum atomic E-state index is 11.1. The van der Waals surface area contributed by atoms with Gasteiger partial charge in [-0.2, -0.15) is 0 Å². The predicted octanol–water partition coefficient (Wildman–Crippen LogP) is 1.28. The van der Waals surface area contributed by atoms with Gasteiger partial charge in [0.05, 0.1) is 12.1 Å². The molecule has 0 unspecified atom stereocenters. The predicted molar refractivity (Wildman–Crippen MR) is 46.7 cm³/mol. The van der Waals surface area contributed by atoms with E-state index in [1.165, 1.54) is 6.92 Å². The molecular formula is C9H13NO2. The molecule has 0 aliphatic carbocycles. The van der Waals surface area contributed by atoms with Gasteiger partial charge in [0, 0.05) is 6.20 Å². The average molecular weight is 167 g/mol. The molecule has 1 aliphatic heterocycles. The number of aliphatic hydroxyl groups excluding tert-OH is 1. The molecular weight excluding hydrogens is 154 g/mol. The third kappa shape index (κ3) is 1.49. The summed E-state index contributed by atoms with van der Waals surface area (Å²) < 4.78 is 0. The van der Waals surface area contributed by atoms with Crippen LogP contribution in [0.4, 0.5) is 0 Å². The second kappa shape index (κ2) is 3.43. The molecule has 0 fully saturated rings. The van der Waals surface area contributed by atoms with Crippen molar-refractivity contribution < 1.29 is 9.90 Å². The van der Waals surface area contributed by atoms with Crippen molar-refractivity contribution in [2.45, 2.75) is 20.3 Å². The number of aliphatic hydroxyl groups is 1. The second-order valence-corrected chi connectivity index (χ2v) is 2.78. The molecule has 66 valence electrons. The monoisotopic (exact) mass is 167 g/mol. The quantitative estimate of drug-likeness (QED) is 0.651. The fourth-order valence-corrected chi connectivity index (χ4v) is 1.32. The van der Waals surface area contributed by atoms with Crippen molar-refractivity contribution in [3.8, 4) is 0 Å². The summed E-state index contributed by atoms with van der Waals surface area (Å²) in [6, 6.07) is 0. The first-order valence-electron chi connectivity index (χ1n) is 4.02. The Morgan fingerprint density at radius 3 is 2.83 bits per heavy atom. The van der Waals surface area contributed by atoms with E-state index in [2.05, 4.69) is 5.32 Å². The van der Waals surface area contributed by atoms with Crippen LogP contribution in [0, 0.1) is 0 Å². The molecule has 3 nitrogen and oxygen atoms in total. The lowest BCUT2D eigenvalue weighted by atomic mass is 9.98. The Labute approximate surface area is 71.8 Å². The lowest BCUT2D eigenvalue weighted by Crippen LogP contribution is -2.21. The summed E-state index contributed by atoms with van der Waals surface area (Å²) in [4.78, 5) is 11.1. The molecule has 1 rings (SSSR count). The fourth-order valence-electron chi connectivity index (χ4n) is 1.32. The highest BCUT2D eigenvalue weighted by molar-refractivity contribution is 5.98. The van der Waals surface area contributed by atoms with Crippen LogP contribution in [0.2, 0.25) is 0 Å². The lowest BCUT2D eigenvalue weighted by molar-refractivity contribution is -0.113. The summed E-state index contributed by atoms with van der Waals surface area (Å²) in [6.45, 7) is 3.79. The minimum Gasteiger partial charge on any atom is -0.510 e. The van der Waals surface area contributed by atoms with E-state index in [0.29, 0.717) is 12.1 Å². The summed E-state index contributed by atoms with van der Waals surface area (Å²) in [7, 11) is 0. The summed E-state index contributed by atoms with van der Waals surface area (Å²) in [5.41, 5.74) is 1.36. The molecule has 0 bridgehead atoms. The standard InChI is InChI=1S/C9H13NO2/c1-3-7-4-10-5-8(12)9(7)6(2)11/h4,10,12H,3,5H2,1-2H3. The van der Waals surface area contributed by atoms with Crippen molar-refractivity contribution in [3.05, 3.63) is 23.1 Å². The second-order valence-electron chi connectivity index (χ2n) is 2.78. The molecule has 0 aromatic rings. The number of ketones is 1. The number of allylic oxidation sites excluding steroid dienone is 2. The molecule has 0 amide bonds. The van der Waals surface area contributed by atoms with Crippen LogP contribution in [-0.2, 0) is 4.79 Å². The molecule has 3 heteroatoms. The fraction of sp³-hybridized carbons (Fsp3) is 0.444. The van der Waals surface area contributed by atoms with Crippen molar-refractivity contribution >= 4 is 5.78 Å². The Morgan fingerprint density at radius 2 is 2.42 bits per heavy atom. The average Bonchev–Trinajstić information content (AvgIpc) is 2.03. The van der Waals surface area contributed by atoms with Crippen molar-refractivity contribution in [3.63, 3.8) is 0 Å². The van der Waals surface area contributed by atoms with Crippen LogP contribution in [0.1, 0.15) is 20.3 Å². The van der Waals surface area contributed by atoms with E-state index in [1.54, 1.807) is 6.20 Å². The molecule has 12 heavy (non-hydrogen) atoms. The van der Waals surface area contributed by atoms with Crippen molar-refractivity contribution in [1.29, 1.82) is 0 Å². The number of carbonyl (C=O) groups is 1. The van der Waals surface area contributed by atoms with Gasteiger partial charge in [-0.3, -0.25) is 4.79 Å². The van der Waals surface area contributed by atoms with Gasteiger partial charge >= 0.3 is 0 Å². The molecule has 0 saturated heterocycles. The van der Waals surface area contributed by atoms with Crippen LogP contribution < -0.4 is 5.32 Å². The number of carbonyl (C=O) groups excluding carboxylic acids is 1. The zero-order chi connectivity index (χ0) is 9.14. The Bertz CT molecular complexity index is 264. The molecule has 0 radical (unpaired) electrons.